The average Bonchev–Trinajstić information content (AvgIpc) is 2.00. The average molecular weight is 200 g/mol. The van der Waals surface area contributed by atoms with Crippen molar-refractivity contribution in [1.82, 2.24) is 4.90 Å². The van der Waals surface area contributed by atoms with Gasteiger partial charge in [-0.15, -0.1) is 0 Å². The molecule has 0 spiro atoms. The second-order valence-corrected chi connectivity index (χ2v) is 5.10. The van der Waals surface area contributed by atoms with Crippen LogP contribution in [0.1, 0.15) is 47.5 Å². The van der Waals surface area contributed by atoms with Crippen molar-refractivity contribution in [2.24, 2.45) is 11.7 Å². The molecule has 0 bridgehead atoms. The Kier molecular flexibility index (Phi) is 7.20. The molecule has 0 fully saturated rings. The molecule has 2 nitrogen and oxygen atoms in total. The second kappa shape index (κ2) is 7.24. The fourth-order valence-electron chi connectivity index (χ4n) is 1.65. The Morgan fingerprint density at radius 3 is 2.00 bits per heavy atom. The van der Waals surface area contributed by atoms with Gasteiger partial charge in [0.1, 0.15) is 0 Å². The minimum absolute atomic E-state index is 0.350. The van der Waals surface area contributed by atoms with Crippen molar-refractivity contribution in [2.75, 3.05) is 13.1 Å². The molecule has 14 heavy (non-hydrogen) atoms. The number of nitrogens with two attached hydrogens (primary N) is 1. The topological polar surface area (TPSA) is 29.3 Å². The van der Waals surface area contributed by atoms with E-state index in [-0.39, 0.29) is 0 Å². The molecule has 0 saturated carbocycles. The lowest BCUT2D eigenvalue weighted by Crippen LogP contribution is -2.35. The Labute approximate surface area is 89.9 Å². The van der Waals surface area contributed by atoms with Gasteiger partial charge in [0.05, 0.1) is 0 Å². The summed E-state index contributed by atoms with van der Waals surface area (Å²) in [7, 11) is 0. The van der Waals surface area contributed by atoms with Crippen LogP contribution in [0, 0.1) is 5.92 Å². The molecule has 86 valence electrons. The van der Waals surface area contributed by atoms with E-state index in [1.165, 1.54) is 19.5 Å². The quantitative estimate of drug-likeness (QED) is 0.684. The SMILES string of the molecule is CC(C)CN(CCCC(C)N)C(C)C. The highest BCUT2D eigenvalue weighted by molar-refractivity contribution is 4.66. The van der Waals surface area contributed by atoms with Crippen molar-refractivity contribution in [2.45, 2.75) is 59.5 Å². The molecule has 0 saturated heterocycles. The molecule has 0 aromatic rings. The Balaban J connectivity index is 3.74. The summed E-state index contributed by atoms with van der Waals surface area (Å²) in [6.07, 6.45) is 2.36. The fraction of sp³-hybridized carbons (Fsp3) is 1.00. The largest absolute Gasteiger partial charge is 0.328 e. The maximum Gasteiger partial charge on any atom is 0.00387 e. The van der Waals surface area contributed by atoms with Crippen LogP contribution in [0.5, 0.6) is 0 Å². The van der Waals surface area contributed by atoms with E-state index in [4.69, 9.17) is 5.73 Å². The molecule has 0 amide bonds. The monoisotopic (exact) mass is 200 g/mol. The van der Waals surface area contributed by atoms with Gasteiger partial charge in [-0.3, -0.25) is 0 Å². The van der Waals surface area contributed by atoms with Crippen LogP contribution >= 0.6 is 0 Å². The third kappa shape index (κ3) is 7.34. The zero-order valence-electron chi connectivity index (χ0n) is 10.6. The van der Waals surface area contributed by atoms with Crippen LogP contribution < -0.4 is 5.73 Å². The Bertz CT molecular complexity index is 130. The Morgan fingerprint density at radius 2 is 1.64 bits per heavy atom. The molecule has 0 radical (unpaired) electrons. The molecule has 0 aromatic heterocycles. The van der Waals surface area contributed by atoms with Gasteiger partial charge in [0, 0.05) is 18.6 Å². The van der Waals surface area contributed by atoms with Gasteiger partial charge in [0.25, 0.3) is 0 Å². The molecule has 2 N–H and O–H groups in total. The van der Waals surface area contributed by atoms with Gasteiger partial charge in [-0.1, -0.05) is 13.8 Å². The van der Waals surface area contributed by atoms with Crippen LogP contribution in [0.4, 0.5) is 0 Å². The molecule has 0 aliphatic rings. The molecule has 1 atom stereocenters. The summed E-state index contributed by atoms with van der Waals surface area (Å²) >= 11 is 0. The van der Waals surface area contributed by atoms with E-state index in [2.05, 4.69) is 39.5 Å². The van der Waals surface area contributed by atoms with E-state index in [1.54, 1.807) is 0 Å². The van der Waals surface area contributed by atoms with Crippen LogP contribution in [-0.2, 0) is 0 Å². The molecule has 0 heterocycles. The van der Waals surface area contributed by atoms with Crippen molar-refractivity contribution >= 4 is 0 Å². The summed E-state index contributed by atoms with van der Waals surface area (Å²) in [4.78, 5) is 2.55. The van der Waals surface area contributed by atoms with E-state index < -0.39 is 0 Å². The molecular formula is C12H28N2. The first-order valence-electron chi connectivity index (χ1n) is 5.93. The minimum atomic E-state index is 0.350. The first kappa shape index (κ1) is 13.9. The third-order valence-corrected chi connectivity index (χ3v) is 2.43. The first-order valence-corrected chi connectivity index (χ1v) is 5.93. The Morgan fingerprint density at radius 1 is 1.07 bits per heavy atom. The molecule has 0 aliphatic carbocycles. The molecule has 0 rings (SSSR count). The summed E-state index contributed by atoms with van der Waals surface area (Å²) in [6.45, 7) is 13.6. The van der Waals surface area contributed by atoms with Crippen LogP contribution in [0.25, 0.3) is 0 Å². The second-order valence-electron chi connectivity index (χ2n) is 5.10. The van der Waals surface area contributed by atoms with Crippen LogP contribution in [0.3, 0.4) is 0 Å². The van der Waals surface area contributed by atoms with Crippen molar-refractivity contribution in [3.05, 3.63) is 0 Å². The first-order chi connectivity index (χ1) is 6.43. The van der Waals surface area contributed by atoms with Gasteiger partial charge < -0.3 is 10.6 Å². The predicted molar refractivity (Wildman–Crippen MR) is 64.4 cm³/mol. The third-order valence-electron chi connectivity index (χ3n) is 2.43. The maximum atomic E-state index is 5.74. The van der Waals surface area contributed by atoms with Gasteiger partial charge in [-0.25, -0.2) is 0 Å². The summed E-state index contributed by atoms with van der Waals surface area (Å²) < 4.78 is 0. The number of nitrogens with zero attached hydrogens (tertiary/aromatic N) is 1. The molecule has 0 aromatic carbocycles. The van der Waals surface area contributed by atoms with Crippen molar-refractivity contribution in [3.63, 3.8) is 0 Å². The van der Waals surface area contributed by atoms with Gasteiger partial charge >= 0.3 is 0 Å². The van der Waals surface area contributed by atoms with Crippen LogP contribution in [0.15, 0.2) is 0 Å². The van der Waals surface area contributed by atoms with Crippen molar-refractivity contribution < 1.29 is 0 Å². The lowest BCUT2D eigenvalue weighted by molar-refractivity contribution is 0.193. The summed E-state index contributed by atoms with van der Waals surface area (Å²) in [5.74, 6) is 0.757. The summed E-state index contributed by atoms with van der Waals surface area (Å²) in [5, 5.41) is 0. The molecule has 2 heteroatoms. The smallest absolute Gasteiger partial charge is 0.00387 e. The highest BCUT2D eigenvalue weighted by Crippen LogP contribution is 2.06. The van der Waals surface area contributed by atoms with E-state index in [0.717, 1.165) is 12.3 Å². The van der Waals surface area contributed by atoms with Gasteiger partial charge in [-0.05, 0) is 46.1 Å². The summed E-state index contributed by atoms with van der Waals surface area (Å²) in [5.41, 5.74) is 5.74. The van der Waals surface area contributed by atoms with E-state index >= 15 is 0 Å². The molecule has 0 aliphatic heterocycles. The Hall–Kier alpha value is -0.0800. The zero-order valence-corrected chi connectivity index (χ0v) is 10.6. The van der Waals surface area contributed by atoms with E-state index in [9.17, 15) is 0 Å². The van der Waals surface area contributed by atoms with Gasteiger partial charge in [-0.2, -0.15) is 0 Å². The van der Waals surface area contributed by atoms with E-state index in [1.807, 2.05) is 0 Å². The van der Waals surface area contributed by atoms with Crippen LogP contribution in [0.2, 0.25) is 0 Å². The normalized spacial score (nSPS) is 14.4. The predicted octanol–water partition coefficient (Wildman–Crippen LogP) is 2.48. The fourth-order valence-corrected chi connectivity index (χ4v) is 1.65. The minimum Gasteiger partial charge on any atom is -0.328 e. The molecular weight excluding hydrogens is 172 g/mol. The lowest BCUT2D eigenvalue weighted by atomic mass is 10.1. The number of hydrogen-bond donors (Lipinski definition) is 1. The highest BCUT2D eigenvalue weighted by atomic mass is 15.1. The standard InChI is InChI=1S/C12H28N2/c1-10(2)9-14(11(3)4)8-6-7-12(5)13/h10-12H,6-9,13H2,1-5H3. The zero-order chi connectivity index (χ0) is 11.1. The number of hydrogen-bond acceptors (Lipinski definition) is 2. The van der Waals surface area contributed by atoms with E-state index in [0.29, 0.717) is 12.1 Å². The highest BCUT2D eigenvalue weighted by Gasteiger charge is 2.10. The number of rotatable bonds is 7. The van der Waals surface area contributed by atoms with Crippen LogP contribution in [-0.4, -0.2) is 30.1 Å². The van der Waals surface area contributed by atoms with Gasteiger partial charge in [0.15, 0.2) is 0 Å². The van der Waals surface area contributed by atoms with Crippen molar-refractivity contribution in [3.8, 4) is 0 Å². The summed E-state index contributed by atoms with van der Waals surface area (Å²) in [6, 6.07) is 1.01. The molecule has 1 unspecified atom stereocenters. The lowest BCUT2D eigenvalue weighted by Gasteiger charge is -2.28. The van der Waals surface area contributed by atoms with Gasteiger partial charge in [0.2, 0.25) is 0 Å². The van der Waals surface area contributed by atoms with Crippen molar-refractivity contribution in [1.29, 1.82) is 0 Å². The maximum absolute atomic E-state index is 5.74.